The highest BCUT2D eigenvalue weighted by atomic mass is 19.1. The third-order valence-corrected chi connectivity index (χ3v) is 4.25. The normalized spacial score (nSPS) is 10.6. The summed E-state index contributed by atoms with van der Waals surface area (Å²) in [5, 5.41) is 9.01. The van der Waals surface area contributed by atoms with Crippen molar-refractivity contribution in [2.45, 2.75) is 19.6 Å². The molecule has 0 saturated carbocycles. The molecule has 0 amide bonds. The molecule has 0 aromatic heterocycles. The van der Waals surface area contributed by atoms with Gasteiger partial charge in [-0.15, -0.1) is 0 Å². The molecule has 0 saturated heterocycles. The van der Waals surface area contributed by atoms with Gasteiger partial charge in [0.2, 0.25) is 0 Å². The molecule has 0 aliphatic rings. The van der Waals surface area contributed by atoms with Crippen molar-refractivity contribution in [2.75, 3.05) is 0 Å². The number of hydrogen-bond donors (Lipinski definition) is 2. The molecule has 5 heteroatoms. The summed E-state index contributed by atoms with van der Waals surface area (Å²) in [6.45, 7) is 0.394. The maximum atomic E-state index is 14.5. The Labute approximate surface area is 157 Å². The Balaban J connectivity index is 1.81. The largest absolute Gasteiger partial charge is 0.489 e. The lowest BCUT2D eigenvalue weighted by Gasteiger charge is -2.12. The summed E-state index contributed by atoms with van der Waals surface area (Å²) in [5.41, 5.74) is 8.76. The molecular formula is C22H20FNO3. The van der Waals surface area contributed by atoms with Crippen LogP contribution in [0.25, 0.3) is 11.1 Å². The Morgan fingerprint density at radius 1 is 1.00 bits per heavy atom. The third-order valence-electron chi connectivity index (χ3n) is 4.25. The van der Waals surface area contributed by atoms with E-state index < -0.39 is 5.97 Å². The van der Waals surface area contributed by atoms with Crippen molar-refractivity contribution >= 4 is 5.97 Å². The second-order valence-electron chi connectivity index (χ2n) is 6.15. The van der Waals surface area contributed by atoms with Gasteiger partial charge in [-0.25, -0.2) is 4.39 Å². The van der Waals surface area contributed by atoms with Crippen LogP contribution in [-0.4, -0.2) is 11.1 Å². The van der Waals surface area contributed by atoms with Crippen molar-refractivity contribution in [1.29, 1.82) is 0 Å². The fourth-order valence-electron chi connectivity index (χ4n) is 2.90. The number of halogens is 1. The summed E-state index contributed by atoms with van der Waals surface area (Å²) in [6.07, 6.45) is -0.104. The minimum Gasteiger partial charge on any atom is -0.489 e. The van der Waals surface area contributed by atoms with Gasteiger partial charge in [-0.3, -0.25) is 4.79 Å². The van der Waals surface area contributed by atoms with Crippen LogP contribution in [0.15, 0.2) is 66.7 Å². The number of para-hydroxylation sites is 1. The van der Waals surface area contributed by atoms with Crippen LogP contribution in [0.2, 0.25) is 0 Å². The highest BCUT2D eigenvalue weighted by molar-refractivity contribution is 5.71. The van der Waals surface area contributed by atoms with Gasteiger partial charge in [0, 0.05) is 23.2 Å². The molecule has 0 aliphatic carbocycles. The lowest BCUT2D eigenvalue weighted by atomic mass is 10.0. The predicted molar refractivity (Wildman–Crippen MR) is 102 cm³/mol. The van der Waals surface area contributed by atoms with Crippen LogP contribution < -0.4 is 10.5 Å². The Hall–Kier alpha value is -3.18. The van der Waals surface area contributed by atoms with Gasteiger partial charge < -0.3 is 15.6 Å². The van der Waals surface area contributed by atoms with E-state index >= 15 is 0 Å². The highest BCUT2D eigenvalue weighted by Gasteiger charge is 2.11. The van der Waals surface area contributed by atoms with Crippen LogP contribution in [0.1, 0.15) is 16.7 Å². The number of carbonyl (C=O) groups is 1. The number of benzene rings is 3. The van der Waals surface area contributed by atoms with E-state index in [-0.39, 0.29) is 25.4 Å². The van der Waals surface area contributed by atoms with Gasteiger partial charge >= 0.3 is 5.97 Å². The van der Waals surface area contributed by atoms with Crippen LogP contribution >= 0.6 is 0 Å². The topological polar surface area (TPSA) is 72.5 Å². The van der Waals surface area contributed by atoms with Crippen molar-refractivity contribution in [1.82, 2.24) is 0 Å². The standard InChI is InChI=1S/C22H20FNO3/c23-22-18(13-24)8-4-9-19(22)16-7-3-5-15(11-16)14-27-20-10-2-1-6-17(20)12-21(25)26/h1-11H,12-14,24H2,(H,25,26). The first kappa shape index (κ1) is 18.6. The zero-order valence-corrected chi connectivity index (χ0v) is 14.7. The van der Waals surface area contributed by atoms with Crippen LogP contribution in [0.3, 0.4) is 0 Å². The van der Waals surface area contributed by atoms with E-state index in [1.165, 1.54) is 0 Å². The van der Waals surface area contributed by atoms with E-state index in [2.05, 4.69) is 0 Å². The smallest absolute Gasteiger partial charge is 0.307 e. The number of ether oxygens (including phenoxy) is 1. The molecule has 3 rings (SSSR count). The molecule has 0 unspecified atom stereocenters. The zero-order chi connectivity index (χ0) is 19.2. The molecule has 3 aromatic carbocycles. The van der Waals surface area contributed by atoms with Gasteiger partial charge in [-0.2, -0.15) is 0 Å². The van der Waals surface area contributed by atoms with Crippen molar-refractivity contribution in [3.8, 4) is 16.9 Å². The van der Waals surface area contributed by atoms with Crippen LogP contribution in [0.4, 0.5) is 4.39 Å². The molecule has 27 heavy (non-hydrogen) atoms. The minimum absolute atomic E-state index is 0.104. The van der Waals surface area contributed by atoms with Crippen LogP contribution in [0, 0.1) is 5.82 Å². The molecule has 4 nitrogen and oxygen atoms in total. The zero-order valence-electron chi connectivity index (χ0n) is 14.7. The Kier molecular flexibility index (Phi) is 5.84. The molecule has 0 fully saturated rings. The molecule has 0 spiro atoms. The van der Waals surface area contributed by atoms with E-state index in [1.807, 2.05) is 24.3 Å². The van der Waals surface area contributed by atoms with Crippen molar-refractivity contribution in [3.05, 3.63) is 89.2 Å². The lowest BCUT2D eigenvalue weighted by Crippen LogP contribution is -2.04. The number of aliphatic carboxylic acids is 1. The molecule has 138 valence electrons. The van der Waals surface area contributed by atoms with Gasteiger partial charge in [0.05, 0.1) is 6.42 Å². The molecule has 0 heterocycles. The van der Waals surface area contributed by atoms with E-state index in [0.29, 0.717) is 22.4 Å². The average Bonchev–Trinajstić information content (AvgIpc) is 2.67. The Morgan fingerprint density at radius 2 is 1.74 bits per heavy atom. The van der Waals surface area contributed by atoms with E-state index in [0.717, 1.165) is 11.1 Å². The molecule has 3 aromatic rings. The second kappa shape index (κ2) is 8.47. The summed E-state index contributed by atoms with van der Waals surface area (Å²) in [4.78, 5) is 11.0. The van der Waals surface area contributed by atoms with E-state index in [9.17, 15) is 9.18 Å². The second-order valence-corrected chi connectivity index (χ2v) is 6.15. The van der Waals surface area contributed by atoms with Gasteiger partial charge in [-0.05, 0) is 23.3 Å². The highest BCUT2D eigenvalue weighted by Crippen LogP contribution is 2.26. The van der Waals surface area contributed by atoms with Gasteiger partial charge in [0.15, 0.2) is 0 Å². The summed E-state index contributed by atoms with van der Waals surface area (Å²) in [7, 11) is 0. The summed E-state index contributed by atoms with van der Waals surface area (Å²) in [5.74, 6) is -0.699. The first-order valence-corrected chi connectivity index (χ1v) is 8.57. The minimum atomic E-state index is -0.914. The number of carboxylic acids is 1. The van der Waals surface area contributed by atoms with E-state index in [4.69, 9.17) is 15.6 Å². The number of hydrogen-bond acceptors (Lipinski definition) is 3. The van der Waals surface area contributed by atoms with Gasteiger partial charge in [-0.1, -0.05) is 54.6 Å². The van der Waals surface area contributed by atoms with E-state index in [1.54, 1.807) is 42.5 Å². The Morgan fingerprint density at radius 3 is 2.52 bits per heavy atom. The number of rotatable bonds is 7. The maximum Gasteiger partial charge on any atom is 0.307 e. The fraction of sp³-hybridized carbons (Fsp3) is 0.136. The molecular weight excluding hydrogens is 345 g/mol. The first-order chi connectivity index (χ1) is 13.1. The van der Waals surface area contributed by atoms with Crippen molar-refractivity contribution < 1.29 is 19.0 Å². The maximum absolute atomic E-state index is 14.5. The molecule has 0 atom stereocenters. The third kappa shape index (κ3) is 4.51. The van der Waals surface area contributed by atoms with Crippen LogP contribution in [0.5, 0.6) is 5.75 Å². The first-order valence-electron chi connectivity index (χ1n) is 8.57. The summed E-state index contributed by atoms with van der Waals surface area (Å²) >= 11 is 0. The van der Waals surface area contributed by atoms with Crippen LogP contribution in [-0.2, 0) is 24.4 Å². The van der Waals surface area contributed by atoms with Crippen molar-refractivity contribution in [3.63, 3.8) is 0 Å². The SMILES string of the molecule is NCc1cccc(-c2cccc(COc3ccccc3CC(=O)O)c2)c1F. The molecule has 0 aliphatic heterocycles. The quantitative estimate of drug-likeness (QED) is 0.659. The molecule has 0 radical (unpaired) electrons. The summed E-state index contributed by atoms with van der Waals surface area (Å²) in [6, 6.07) is 19.6. The molecule has 3 N–H and O–H groups in total. The number of nitrogens with two attached hydrogens (primary N) is 1. The summed E-state index contributed by atoms with van der Waals surface area (Å²) < 4.78 is 20.4. The average molecular weight is 365 g/mol. The monoisotopic (exact) mass is 365 g/mol. The molecule has 0 bridgehead atoms. The predicted octanol–water partition coefficient (Wildman–Crippen LogP) is 4.16. The fourth-order valence-corrected chi connectivity index (χ4v) is 2.90. The lowest BCUT2D eigenvalue weighted by molar-refractivity contribution is -0.136. The number of carboxylic acid groups (broad SMARTS) is 1. The Bertz CT molecular complexity index is 956. The van der Waals surface area contributed by atoms with Crippen molar-refractivity contribution in [2.24, 2.45) is 5.73 Å². The van der Waals surface area contributed by atoms with Gasteiger partial charge in [0.25, 0.3) is 0 Å². The van der Waals surface area contributed by atoms with Gasteiger partial charge in [0.1, 0.15) is 18.2 Å².